The quantitative estimate of drug-likeness (QED) is 0.647. The van der Waals surface area contributed by atoms with E-state index in [4.69, 9.17) is 0 Å². The van der Waals surface area contributed by atoms with Gasteiger partial charge in [0.05, 0.1) is 4.92 Å². The molecule has 1 unspecified atom stereocenters. The molecule has 0 saturated heterocycles. The standard InChI is InChI=1S/C15H16N2O3/c1-11(14-4-2-3-5-15(14)18)16-10-12-6-8-13(9-7-12)17(19)20/h2-9,11,16,18H,10H2,1H3. The first-order valence-corrected chi connectivity index (χ1v) is 6.32. The fourth-order valence-electron chi connectivity index (χ4n) is 1.97. The number of aromatic hydroxyl groups is 1. The summed E-state index contributed by atoms with van der Waals surface area (Å²) in [4.78, 5) is 10.1. The van der Waals surface area contributed by atoms with Gasteiger partial charge in [-0.15, -0.1) is 0 Å². The Hall–Kier alpha value is -2.40. The molecule has 0 saturated carbocycles. The summed E-state index contributed by atoms with van der Waals surface area (Å²) in [6, 6.07) is 13.6. The van der Waals surface area contributed by atoms with Crippen LogP contribution in [0, 0.1) is 10.1 Å². The van der Waals surface area contributed by atoms with Crippen molar-refractivity contribution in [2.45, 2.75) is 19.5 Å². The summed E-state index contributed by atoms with van der Waals surface area (Å²) < 4.78 is 0. The average Bonchev–Trinajstić information content (AvgIpc) is 2.45. The van der Waals surface area contributed by atoms with Gasteiger partial charge in [-0.25, -0.2) is 0 Å². The molecule has 5 heteroatoms. The maximum atomic E-state index is 10.6. The predicted molar refractivity (Wildman–Crippen MR) is 76.5 cm³/mol. The highest BCUT2D eigenvalue weighted by atomic mass is 16.6. The minimum atomic E-state index is -0.415. The van der Waals surface area contributed by atoms with Crippen molar-refractivity contribution in [3.63, 3.8) is 0 Å². The Bertz CT molecular complexity index is 596. The zero-order chi connectivity index (χ0) is 14.5. The third kappa shape index (κ3) is 3.33. The molecule has 0 spiro atoms. The van der Waals surface area contributed by atoms with Gasteiger partial charge in [-0.05, 0) is 18.6 Å². The molecule has 2 aromatic carbocycles. The number of phenolic OH excluding ortho intramolecular Hbond substituents is 1. The Balaban J connectivity index is 1.98. The molecule has 2 rings (SSSR count). The lowest BCUT2D eigenvalue weighted by Crippen LogP contribution is -2.18. The summed E-state index contributed by atoms with van der Waals surface area (Å²) in [6.07, 6.45) is 0. The van der Waals surface area contributed by atoms with Crippen molar-refractivity contribution in [3.8, 4) is 5.75 Å². The average molecular weight is 272 g/mol. The van der Waals surface area contributed by atoms with Gasteiger partial charge in [0.1, 0.15) is 5.75 Å². The van der Waals surface area contributed by atoms with Crippen LogP contribution in [0.1, 0.15) is 24.1 Å². The zero-order valence-corrected chi connectivity index (χ0v) is 11.1. The van der Waals surface area contributed by atoms with E-state index in [1.807, 2.05) is 19.1 Å². The second kappa shape index (κ2) is 6.16. The molecule has 0 heterocycles. The molecule has 0 aliphatic rings. The molecule has 0 amide bonds. The molecule has 0 aromatic heterocycles. The van der Waals surface area contributed by atoms with E-state index in [0.717, 1.165) is 11.1 Å². The number of hydrogen-bond donors (Lipinski definition) is 2. The Labute approximate surface area is 117 Å². The van der Waals surface area contributed by atoms with Crippen LogP contribution in [-0.2, 0) is 6.54 Å². The van der Waals surface area contributed by atoms with Crippen LogP contribution in [0.2, 0.25) is 0 Å². The smallest absolute Gasteiger partial charge is 0.269 e. The fourth-order valence-corrected chi connectivity index (χ4v) is 1.97. The van der Waals surface area contributed by atoms with Crippen LogP contribution in [-0.4, -0.2) is 10.0 Å². The maximum absolute atomic E-state index is 10.6. The van der Waals surface area contributed by atoms with E-state index in [9.17, 15) is 15.2 Å². The number of benzene rings is 2. The van der Waals surface area contributed by atoms with E-state index in [0.29, 0.717) is 6.54 Å². The normalized spacial score (nSPS) is 12.1. The van der Waals surface area contributed by atoms with Crippen LogP contribution in [0.5, 0.6) is 5.75 Å². The maximum Gasteiger partial charge on any atom is 0.269 e. The van der Waals surface area contributed by atoms with Crippen LogP contribution in [0.25, 0.3) is 0 Å². The van der Waals surface area contributed by atoms with Gasteiger partial charge in [-0.2, -0.15) is 0 Å². The summed E-state index contributed by atoms with van der Waals surface area (Å²) in [7, 11) is 0. The number of non-ortho nitro benzene ring substituents is 1. The lowest BCUT2D eigenvalue weighted by Gasteiger charge is -2.15. The monoisotopic (exact) mass is 272 g/mol. The lowest BCUT2D eigenvalue weighted by molar-refractivity contribution is -0.384. The highest BCUT2D eigenvalue weighted by Gasteiger charge is 2.09. The fraction of sp³-hybridized carbons (Fsp3) is 0.200. The third-order valence-electron chi connectivity index (χ3n) is 3.16. The van der Waals surface area contributed by atoms with Crippen molar-refractivity contribution in [1.29, 1.82) is 0 Å². The molecule has 5 nitrogen and oxygen atoms in total. The molecule has 1 atom stereocenters. The Kier molecular flexibility index (Phi) is 4.32. The van der Waals surface area contributed by atoms with E-state index in [2.05, 4.69) is 5.32 Å². The molecule has 0 aliphatic carbocycles. The lowest BCUT2D eigenvalue weighted by atomic mass is 10.1. The van der Waals surface area contributed by atoms with E-state index >= 15 is 0 Å². The van der Waals surface area contributed by atoms with Crippen molar-refractivity contribution in [2.75, 3.05) is 0 Å². The van der Waals surface area contributed by atoms with Crippen molar-refractivity contribution < 1.29 is 10.0 Å². The van der Waals surface area contributed by atoms with E-state index in [-0.39, 0.29) is 17.5 Å². The topological polar surface area (TPSA) is 75.4 Å². The Morgan fingerprint density at radius 2 is 1.85 bits per heavy atom. The van der Waals surface area contributed by atoms with Gasteiger partial charge in [-0.3, -0.25) is 10.1 Å². The molecule has 20 heavy (non-hydrogen) atoms. The van der Waals surface area contributed by atoms with Gasteiger partial charge in [0.15, 0.2) is 0 Å². The summed E-state index contributed by atoms with van der Waals surface area (Å²) in [5.41, 5.74) is 1.87. The van der Waals surface area contributed by atoms with Crippen LogP contribution in [0.3, 0.4) is 0 Å². The number of nitro benzene ring substituents is 1. The number of rotatable bonds is 5. The number of para-hydroxylation sites is 1. The minimum absolute atomic E-state index is 0.00797. The van der Waals surface area contributed by atoms with Gasteiger partial charge in [0.25, 0.3) is 5.69 Å². The number of nitrogens with one attached hydrogen (secondary N) is 1. The van der Waals surface area contributed by atoms with Crippen molar-refractivity contribution in [1.82, 2.24) is 5.32 Å². The van der Waals surface area contributed by atoms with Crippen molar-refractivity contribution in [2.24, 2.45) is 0 Å². The zero-order valence-electron chi connectivity index (χ0n) is 11.1. The van der Waals surface area contributed by atoms with Crippen molar-refractivity contribution in [3.05, 3.63) is 69.8 Å². The van der Waals surface area contributed by atoms with Gasteiger partial charge >= 0.3 is 0 Å². The molecular formula is C15H16N2O3. The largest absolute Gasteiger partial charge is 0.508 e. The van der Waals surface area contributed by atoms with Crippen molar-refractivity contribution >= 4 is 5.69 Å². The molecular weight excluding hydrogens is 256 g/mol. The summed E-state index contributed by atoms with van der Waals surface area (Å²) in [6.45, 7) is 2.54. The van der Waals surface area contributed by atoms with E-state index < -0.39 is 4.92 Å². The number of nitro groups is 1. The van der Waals surface area contributed by atoms with Crippen LogP contribution < -0.4 is 5.32 Å². The highest BCUT2D eigenvalue weighted by Crippen LogP contribution is 2.23. The second-order valence-electron chi connectivity index (χ2n) is 4.58. The van der Waals surface area contributed by atoms with Gasteiger partial charge in [-0.1, -0.05) is 30.3 Å². The molecule has 0 radical (unpaired) electrons. The Morgan fingerprint density at radius 3 is 2.45 bits per heavy atom. The Morgan fingerprint density at radius 1 is 1.20 bits per heavy atom. The first-order valence-electron chi connectivity index (χ1n) is 6.32. The van der Waals surface area contributed by atoms with Crippen LogP contribution in [0.15, 0.2) is 48.5 Å². The minimum Gasteiger partial charge on any atom is -0.508 e. The first-order chi connectivity index (χ1) is 9.58. The van der Waals surface area contributed by atoms with Gasteiger partial charge in [0, 0.05) is 30.3 Å². The number of hydrogen-bond acceptors (Lipinski definition) is 4. The molecule has 0 fully saturated rings. The van der Waals surface area contributed by atoms with E-state index in [1.54, 1.807) is 24.3 Å². The summed E-state index contributed by atoms with van der Waals surface area (Å²) in [5.74, 6) is 0.260. The molecule has 0 aliphatic heterocycles. The first kappa shape index (κ1) is 14.0. The summed E-state index contributed by atoms with van der Waals surface area (Å²) >= 11 is 0. The van der Waals surface area contributed by atoms with E-state index in [1.165, 1.54) is 12.1 Å². The van der Waals surface area contributed by atoms with Crippen LogP contribution >= 0.6 is 0 Å². The summed E-state index contributed by atoms with van der Waals surface area (Å²) in [5, 5.41) is 23.6. The second-order valence-corrected chi connectivity index (χ2v) is 4.58. The predicted octanol–water partition coefficient (Wildman–Crippen LogP) is 3.15. The number of nitrogens with zero attached hydrogens (tertiary/aromatic N) is 1. The number of phenols is 1. The molecule has 2 N–H and O–H groups in total. The van der Waals surface area contributed by atoms with Crippen LogP contribution in [0.4, 0.5) is 5.69 Å². The van der Waals surface area contributed by atoms with Gasteiger partial charge in [0.2, 0.25) is 0 Å². The van der Waals surface area contributed by atoms with Gasteiger partial charge < -0.3 is 10.4 Å². The third-order valence-corrected chi connectivity index (χ3v) is 3.16. The highest BCUT2D eigenvalue weighted by molar-refractivity contribution is 5.35. The molecule has 2 aromatic rings. The molecule has 0 bridgehead atoms. The SMILES string of the molecule is CC(NCc1ccc([N+](=O)[O-])cc1)c1ccccc1O. The molecule has 104 valence electrons.